The molecule has 5 rings (SSSR count). The van der Waals surface area contributed by atoms with E-state index in [1.807, 2.05) is 35.7 Å². The number of β-lactam (4-membered cyclic amide) rings is 1. The highest BCUT2D eigenvalue weighted by Gasteiger charge is 2.54. The average Bonchev–Trinajstić information content (AvgIpc) is 3.81. The number of benzene rings is 1. The van der Waals surface area contributed by atoms with Gasteiger partial charge in [0, 0.05) is 44.9 Å². The summed E-state index contributed by atoms with van der Waals surface area (Å²) in [5.74, 6) is 0.553. The highest BCUT2D eigenvalue weighted by molar-refractivity contribution is 8.00. The molecule has 0 bridgehead atoms. The molecule has 3 unspecified atom stereocenters. The van der Waals surface area contributed by atoms with Crippen LogP contribution in [0.3, 0.4) is 0 Å². The molecule has 2 amide bonds. The Labute approximate surface area is 336 Å². The number of nitrogens with zero attached hydrogens (tertiary/aromatic N) is 1. The Kier molecular flexibility index (Phi) is 17.1. The molecule has 0 aliphatic carbocycles. The molecule has 1 N–H and O–H groups in total. The first-order chi connectivity index (χ1) is 25.3. The summed E-state index contributed by atoms with van der Waals surface area (Å²) < 4.78 is 31.3. The number of nitrogens with one attached hydrogen (secondary N) is 1. The van der Waals surface area contributed by atoms with Gasteiger partial charge in [-0.3, -0.25) is 23.5 Å². The van der Waals surface area contributed by atoms with Gasteiger partial charge in [0.15, 0.2) is 11.5 Å². The molecule has 2 aromatic rings. The SMILES string of the molecule is CC(=O)OCC1=C(C(=O)OCC(Cl)(Cl)Cl)N2C(=O)C(NC(=O)Cc3cccs3)[C@H]2SC1.CCCCCCCCS(=O)C(C)Cc1ccc2c(c1)OCO2. The third kappa shape index (κ3) is 13.3. The predicted molar refractivity (Wildman–Crippen MR) is 210 cm³/mol. The number of fused-ring (bicyclic) bond motifs is 2. The van der Waals surface area contributed by atoms with Gasteiger partial charge in [-0.2, -0.15) is 0 Å². The van der Waals surface area contributed by atoms with E-state index in [1.165, 1.54) is 72.6 Å². The van der Waals surface area contributed by atoms with Crippen molar-refractivity contribution in [2.75, 3.05) is 31.5 Å². The fourth-order valence-corrected chi connectivity index (χ4v) is 9.17. The van der Waals surface area contributed by atoms with Gasteiger partial charge in [-0.1, -0.05) is 92.9 Å². The van der Waals surface area contributed by atoms with E-state index in [9.17, 15) is 23.4 Å². The Morgan fingerprint density at radius 3 is 2.51 bits per heavy atom. The van der Waals surface area contributed by atoms with Crippen LogP contribution in [-0.2, 0) is 52.3 Å². The average molecular weight is 852 g/mol. The summed E-state index contributed by atoms with van der Waals surface area (Å²) in [7, 11) is -0.743. The number of hydrogen-bond acceptors (Lipinski definition) is 11. The molecule has 4 heterocycles. The Bertz CT molecular complexity index is 1640. The zero-order valence-electron chi connectivity index (χ0n) is 29.9. The molecule has 292 valence electrons. The molecule has 0 saturated carbocycles. The molecule has 1 aromatic carbocycles. The minimum atomic E-state index is -1.83. The lowest BCUT2D eigenvalue weighted by atomic mass is 10.0. The summed E-state index contributed by atoms with van der Waals surface area (Å²) in [5.41, 5.74) is 1.50. The van der Waals surface area contributed by atoms with Gasteiger partial charge in [-0.25, -0.2) is 4.79 Å². The Balaban J connectivity index is 0.000000251. The summed E-state index contributed by atoms with van der Waals surface area (Å²) in [5, 5.41) is 4.27. The zero-order valence-corrected chi connectivity index (χ0v) is 34.6. The maximum Gasteiger partial charge on any atom is 0.355 e. The lowest BCUT2D eigenvalue weighted by Gasteiger charge is -2.49. The van der Waals surface area contributed by atoms with Crippen molar-refractivity contribution in [2.24, 2.45) is 0 Å². The van der Waals surface area contributed by atoms with Crippen LogP contribution in [0.4, 0.5) is 0 Å². The molecule has 1 saturated heterocycles. The van der Waals surface area contributed by atoms with Crippen LogP contribution >= 0.6 is 57.9 Å². The summed E-state index contributed by atoms with van der Waals surface area (Å²) in [6, 6.07) is 8.89. The van der Waals surface area contributed by atoms with E-state index < -0.39 is 50.5 Å². The Hall–Kier alpha value is -2.49. The van der Waals surface area contributed by atoms with Crippen LogP contribution in [-0.4, -0.2) is 84.8 Å². The van der Waals surface area contributed by atoms with Gasteiger partial charge in [0.05, 0.1) is 6.42 Å². The Morgan fingerprint density at radius 2 is 1.81 bits per heavy atom. The molecule has 1 fully saturated rings. The van der Waals surface area contributed by atoms with Crippen molar-refractivity contribution in [1.82, 2.24) is 10.2 Å². The van der Waals surface area contributed by atoms with E-state index in [1.54, 1.807) is 0 Å². The van der Waals surface area contributed by atoms with Crippen LogP contribution in [0.25, 0.3) is 0 Å². The number of carbonyl (C=O) groups excluding carboxylic acids is 4. The molecule has 0 spiro atoms. The van der Waals surface area contributed by atoms with E-state index in [0.717, 1.165) is 35.0 Å². The first-order valence-corrected chi connectivity index (χ1v) is 21.8. The Morgan fingerprint density at radius 1 is 1.08 bits per heavy atom. The fourth-order valence-electron chi connectivity index (χ4n) is 5.70. The van der Waals surface area contributed by atoms with E-state index in [4.69, 9.17) is 53.8 Å². The lowest BCUT2D eigenvalue weighted by Crippen LogP contribution is -2.70. The number of unbranched alkanes of at least 4 members (excludes halogenated alkanes) is 5. The monoisotopic (exact) mass is 850 g/mol. The van der Waals surface area contributed by atoms with Gasteiger partial charge in [-0.15, -0.1) is 23.1 Å². The van der Waals surface area contributed by atoms with Crippen molar-refractivity contribution >= 4 is 92.5 Å². The first-order valence-electron chi connectivity index (χ1n) is 17.4. The summed E-state index contributed by atoms with van der Waals surface area (Å²) in [6.07, 6.45) is 8.48. The molecule has 11 nitrogen and oxygen atoms in total. The number of halogens is 3. The maximum atomic E-state index is 12.8. The third-order valence-electron chi connectivity index (χ3n) is 8.40. The second-order valence-electron chi connectivity index (χ2n) is 12.7. The minimum Gasteiger partial charge on any atom is -0.461 e. The van der Waals surface area contributed by atoms with Crippen molar-refractivity contribution in [2.45, 2.75) is 92.6 Å². The van der Waals surface area contributed by atoms with E-state index in [0.29, 0.717) is 12.4 Å². The van der Waals surface area contributed by atoms with Gasteiger partial charge >= 0.3 is 11.9 Å². The van der Waals surface area contributed by atoms with Crippen LogP contribution in [0.5, 0.6) is 11.5 Å². The second-order valence-corrected chi connectivity index (χ2v) is 19.3. The normalized spacial score (nSPS) is 18.6. The van der Waals surface area contributed by atoms with Crippen molar-refractivity contribution in [3.05, 3.63) is 57.4 Å². The van der Waals surface area contributed by atoms with Gasteiger partial charge in [0.25, 0.3) is 5.91 Å². The lowest BCUT2D eigenvalue weighted by molar-refractivity contribution is -0.153. The smallest absolute Gasteiger partial charge is 0.355 e. The number of ether oxygens (including phenoxy) is 4. The van der Waals surface area contributed by atoms with Crippen LogP contribution in [0.1, 0.15) is 69.7 Å². The number of thioether (sulfide) groups is 1. The molecule has 3 aliphatic heterocycles. The first kappa shape index (κ1) is 43.2. The summed E-state index contributed by atoms with van der Waals surface area (Å²) >= 11 is 19.7. The topological polar surface area (TPSA) is 138 Å². The number of esters is 2. The zero-order chi connectivity index (χ0) is 38.5. The van der Waals surface area contributed by atoms with Crippen molar-refractivity contribution in [3.63, 3.8) is 0 Å². The standard InChI is InChI=1S/C18H17Cl3N2O6S2.C18H28O3S/c1-9(24)28-6-10-7-31-16-13(22-12(25)5-11-3-2-4-30-11)15(26)23(16)14(10)17(27)29-8-18(19,20)21;1-3-4-5-6-7-8-11-22(19)15(2)12-16-9-10-17-18(13-16)21-14-20-17/h2-4,13,16H,5-8H2,1H3,(H,22,25);9-10,13,15H,3-8,11-12,14H2,1-2H3/t13?,16-;/m1./s1. The van der Waals surface area contributed by atoms with Crippen LogP contribution in [0.2, 0.25) is 0 Å². The molecule has 0 radical (unpaired) electrons. The molecule has 3 aliphatic rings. The molecular weight excluding hydrogens is 807 g/mol. The summed E-state index contributed by atoms with van der Waals surface area (Å²) in [6.45, 7) is 5.13. The second kappa shape index (κ2) is 21.0. The minimum absolute atomic E-state index is 0.0620. The largest absolute Gasteiger partial charge is 0.461 e. The van der Waals surface area contributed by atoms with Crippen LogP contribution in [0, 0.1) is 0 Å². The number of hydrogen-bond donors (Lipinski definition) is 1. The predicted octanol–water partition coefficient (Wildman–Crippen LogP) is 6.88. The highest BCUT2D eigenvalue weighted by Crippen LogP contribution is 2.41. The fraction of sp³-hybridized carbons (Fsp3) is 0.556. The quantitative estimate of drug-likeness (QED) is 0.0777. The molecule has 53 heavy (non-hydrogen) atoms. The van der Waals surface area contributed by atoms with Gasteiger partial charge in [0.2, 0.25) is 16.5 Å². The van der Waals surface area contributed by atoms with Crippen molar-refractivity contribution in [3.8, 4) is 11.5 Å². The molecule has 17 heteroatoms. The van der Waals surface area contributed by atoms with Gasteiger partial charge in [0.1, 0.15) is 30.3 Å². The molecule has 1 aromatic heterocycles. The number of rotatable bonds is 17. The van der Waals surface area contributed by atoms with E-state index >= 15 is 0 Å². The number of thiophene rings is 1. The highest BCUT2D eigenvalue weighted by atomic mass is 35.6. The number of carbonyl (C=O) groups is 4. The third-order valence-corrected chi connectivity index (χ3v) is 12.7. The van der Waals surface area contributed by atoms with Gasteiger partial charge in [-0.05, 0) is 42.0 Å². The summed E-state index contributed by atoms with van der Waals surface area (Å²) in [4.78, 5) is 51.1. The van der Waals surface area contributed by atoms with Crippen molar-refractivity contribution < 1.29 is 42.3 Å². The van der Waals surface area contributed by atoms with Crippen LogP contribution < -0.4 is 14.8 Å². The number of alkyl halides is 3. The van der Waals surface area contributed by atoms with Crippen molar-refractivity contribution in [1.29, 1.82) is 0 Å². The van der Waals surface area contributed by atoms with Crippen LogP contribution in [0.15, 0.2) is 47.0 Å². The van der Waals surface area contributed by atoms with E-state index in [2.05, 4.69) is 19.2 Å². The number of amides is 2. The van der Waals surface area contributed by atoms with E-state index in [-0.39, 0.29) is 35.6 Å². The van der Waals surface area contributed by atoms with Gasteiger partial charge < -0.3 is 24.3 Å². The maximum absolute atomic E-state index is 12.8. The molecule has 4 atom stereocenters. The molecular formula is C36H45Cl3N2O9S3.